The molecule has 25 heavy (non-hydrogen) atoms. The van der Waals surface area contributed by atoms with Crippen LogP contribution >= 0.6 is 0 Å². The third-order valence-corrected chi connectivity index (χ3v) is 4.51. The molecule has 0 aromatic heterocycles. The van der Waals surface area contributed by atoms with Crippen molar-refractivity contribution in [2.24, 2.45) is 0 Å². The minimum atomic E-state index is 1.12. The molecule has 0 aliphatic carbocycles. The van der Waals surface area contributed by atoms with Crippen molar-refractivity contribution < 1.29 is 0 Å². The minimum Gasteiger partial charge on any atom is -0.317 e. The molecule has 0 atom stereocenters. The molecule has 148 valence electrons. The van der Waals surface area contributed by atoms with Gasteiger partial charge in [0.1, 0.15) is 0 Å². The maximum Gasteiger partial charge on any atom is -0.00127 e. The maximum atomic E-state index is 3.55. The Morgan fingerprint density at radius 2 is 1.20 bits per heavy atom. The van der Waals surface area contributed by atoms with Crippen LogP contribution in [0.15, 0.2) is 24.3 Å². The van der Waals surface area contributed by atoms with Crippen molar-refractivity contribution in [1.29, 1.82) is 0 Å². The summed E-state index contributed by atoms with van der Waals surface area (Å²) in [5.41, 5.74) is 0. The van der Waals surface area contributed by atoms with Crippen molar-refractivity contribution in [3.8, 4) is 0 Å². The number of unbranched alkanes of at least 4 members (excludes halogenated alkanes) is 9. The summed E-state index contributed by atoms with van der Waals surface area (Å²) >= 11 is 0. The molecule has 1 N–H and O–H groups in total. The van der Waals surface area contributed by atoms with Crippen LogP contribution in [0.5, 0.6) is 0 Å². The van der Waals surface area contributed by atoms with Gasteiger partial charge in [0.15, 0.2) is 0 Å². The predicted molar refractivity (Wildman–Crippen MR) is 115 cm³/mol. The lowest BCUT2D eigenvalue weighted by molar-refractivity contribution is 0.394. The predicted octanol–water partition coefficient (Wildman–Crippen LogP) is 6.34. The van der Waals surface area contributed by atoms with Gasteiger partial charge in [-0.1, -0.05) is 69.8 Å². The lowest BCUT2D eigenvalue weighted by Crippen LogP contribution is -2.22. The van der Waals surface area contributed by atoms with E-state index in [2.05, 4.69) is 55.5 Å². The topological polar surface area (TPSA) is 15.3 Å². The van der Waals surface area contributed by atoms with Gasteiger partial charge in [0.2, 0.25) is 0 Å². The molecule has 0 amide bonds. The molecule has 0 saturated heterocycles. The fourth-order valence-corrected chi connectivity index (χ4v) is 2.88. The van der Waals surface area contributed by atoms with Gasteiger partial charge >= 0.3 is 0 Å². The summed E-state index contributed by atoms with van der Waals surface area (Å²) in [5, 5.41) is 3.55. The Morgan fingerprint density at radius 1 is 0.640 bits per heavy atom. The maximum absolute atomic E-state index is 3.55. The van der Waals surface area contributed by atoms with Crippen LogP contribution in [0, 0.1) is 0 Å². The number of nitrogens with one attached hydrogen (secondary N) is 1. The van der Waals surface area contributed by atoms with Crippen LogP contribution in [-0.2, 0) is 0 Å². The van der Waals surface area contributed by atoms with E-state index in [9.17, 15) is 0 Å². The molecule has 0 aliphatic rings. The normalized spacial score (nSPS) is 12.2. The van der Waals surface area contributed by atoms with Gasteiger partial charge in [-0.2, -0.15) is 0 Å². The first-order valence-corrected chi connectivity index (χ1v) is 10.9. The summed E-state index contributed by atoms with van der Waals surface area (Å²) in [4.78, 5) is 2.25. The molecule has 2 nitrogen and oxygen atoms in total. The largest absolute Gasteiger partial charge is 0.317 e. The summed E-state index contributed by atoms with van der Waals surface area (Å²) in [6.45, 7) is 5.82. The average molecular weight is 351 g/mol. The fourth-order valence-electron chi connectivity index (χ4n) is 2.88. The highest BCUT2D eigenvalue weighted by Gasteiger charge is 1.93. The van der Waals surface area contributed by atoms with Gasteiger partial charge in [0.05, 0.1) is 0 Å². The van der Waals surface area contributed by atoms with Gasteiger partial charge < -0.3 is 10.2 Å². The molecule has 0 unspecified atom stereocenters. The highest BCUT2D eigenvalue weighted by atomic mass is 15.0. The summed E-state index contributed by atoms with van der Waals surface area (Å²) in [6.07, 6.45) is 26.6. The molecule has 0 bridgehead atoms. The third-order valence-electron chi connectivity index (χ3n) is 4.51. The number of rotatable bonds is 19. The SMILES string of the molecule is CCCCC/C=C\C/C=C\CCCCCCCCNCCCN(C)C. The zero-order valence-electron chi connectivity index (χ0n) is 17.6. The van der Waals surface area contributed by atoms with Crippen molar-refractivity contribution in [3.63, 3.8) is 0 Å². The van der Waals surface area contributed by atoms with Crippen LogP contribution in [-0.4, -0.2) is 38.6 Å². The van der Waals surface area contributed by atoms with E-state index in [0.717, 1.165) is 6.42 Å². The van der Waals surface area contributed by atoms with E-state index in [4.69, 9.17) is 0 Å². The minimum absolute atomic E-state index is 1.12. The van der Waals surface area contributed by atoms with E-state index in [0.29, 0.717) is 0 Å². The molecule has 0 aromatic rings. The lowest BCUT2D eigenvalue weighted by atomic mass is 10.1. The van der Waals surface area contributed by atoms with Gasteiger partial charge in [0.25, 0.3) is 0 Å². The van der Waals surface area contributed by atoms with E-state index in [1.807, 2.05) is 0 Å². The molecule has 0 heterocycles. The number of hydrogen-bond donors (Lipinski definition) is 1. The highest BCUT2D eigenvalue weighted by molar-refractivity contribution is 4.92. The molecule has 0 saturated carbocycles. The van der Waals surface area contributed by atoms with Crippen LogP contribution in [0.25, 0.3) is 0 Å². The number of hydrogen-bond acceptors (Lipinski definition) is 2. The first-order chi connectivity index (χ1) is 12.3. The lowest BCUT2D eigenvalue weighted by Gasteiger charge is -2.09. The highest BCUT2D eigenvalue weighted by Crippen LogP contribution is 2.07. The van der Waals surface area contributed by atoms with Crippen LogP contribution in [0.1, 0.15) is 90.4 Å². The fraction of sp³-hybridized carbons (Fsp3) is 0.826. The molecule has 2 heteroatoms. The molecular formula is C23H46N2. The van der Waals surface area contributed by atoms with Gasteiger partial charge in [-0.05, 0) is 78.7 Å². The van der Waals surface area contributed by atoms with Crippen molar-refractivity contribution in [3.05, 3.63) is 24.3 Å². The quantitative estimate of drug-likeness (QED) is 0.216. The van der Waals surface area contributed by atoms with Gasteiger partial charge in [0, 0.05) is 0 Å². The molecule has 0 radical (unpaired) electrons. The zero-order valence-corrected chi connectivity index (χ0v) is 17.6. The number of nitrogens with zero attached hydrogens (tertiary/aromatic N) is 1. The first-order valence-electron chi connectivity index (χ1n) is 10.9. The Hall–Kier alpha value is -0.600. The van der Waals surface area contributed by atoms with E-state index < -0.39 is 0 Å². The standard InChI is InChI=1S/C23H46N2/c1-4-5-6-7-8-9-10-11-12-13-14-15-16-17-18-19-21-24-22-20-23-25(2)3/h8-9,11-12,24H,4-7,10,13-23H2,1-3H3/b9-8-,12-11-. The first kappa shape index (κ1) is 24.4. The van der Waals surface area contributed by atoms with Crippen LogP contribution < -0.4 is 5.32 Å². The van der Waals surface area contributed by atoms with Gasteiger partial charge in [-0.25, -0.2) is 0 Å². The van der Waals surface area contributed by atoms with Gasteiger partial charge in [-0.15, -0.1) is 0 Å². The summed E-state index contributed by atoms with van der Waals surface area (Å²) in [6, 6.07) is 0. The Kier molecular flexibility index (Phi) is 20.9. The second kappa shape index (κ2) is 21.4. The molecular weight excluding hydrogens is 304 g/mol. The summed E-state index contributed by atoms with van der Waals surface area (Å²) < 4.78 is 0. The average Bonchev–Trinajstić information content (AvgIpc) is 2.60. The van der Waals surface area contributed by atoms with Gasteiger partial charge in [-0.3, -0.25) is 0 Å². The summed E-state index contributed by atoms with van der Waals surface area (Å²) in [5.74, 6) is 0. The second-order valence-electron chi connectivity index (χ2n) is 7.49. The Labute approximate surface area is 159 Å². The third kappa shape index (κ3) is 23.4. The number of allylic oxidation sites excluding steroid dienone is 4. The second-order valence-corrected chi connectivity index (χ2v) is 7.49. The monoisotopic (exact) mass is 350 g/mol. The van der Waals surface area contributed by atoms with E-state index in [-0.39, 0.29) is 0 Å². The van der Waals surface area contributed by atoms with Crippen molar-refractivity contribution in [1.82, 2.24) is 10.2 Å². The Bertz CT molecular complexity index is 294. The van der Waals surface area contributed by atoms with Crippen LogP contribution in [0.2, 0.25) is 0 Å². The van der Waals surface area contributed by atoms with E-state index in [1.165, 1.54) is 96.7 Å². The molecule has 0 rings (SSSR count). The van der Waals surface area contributed by atoms with E-state index in [1.54, 1.807) is 0 Å². The van der Waals surface area contributed by atoms with Crippen molar-refractivity contribution >= 4 is 0 Å². The van der Waals surface area contributed by atoms with Crippen molar-refractivity contribution in [2.45, 2.75) is 90.4 Å². The Balaban J connectivity index is 3.12. The van der Waals surface area contributed by atoms with Crippen LogP contribution in [0.4, 0.5) is 0 Å². The molecule has 0 aliphatic heterocycles. The molecule has 0 spiro atoms. The smallest absolute Gasteiger partial charge is 0.00127 e. The van der Waals surface area contributed by atoms with E-state index >= 15 is 0 Å². The molecule has 0 aromatic carbocycles. The zero-order chi connectivity index (χ0) is 18.4. The molecule has 0 fully saturated rings. The van der Waals surface area contributed by atoms with Crippen molar-refractivity contribution in [2.75, 3.05) is 33.7 Å². The Morgan fingerprint density at radius 3 is 1.84 bits per heavy atom. The summed E-state index contributed by atoms with van der Waals surface area (Å²) in [7, 11) is 4.28. The van der Waals surface area contributed by atoms with Crippen LogP contribution in [0.3, 0.4) is 0 Å².